The van der Waals surface area contributed by atoms with E-state index in [0.717, 1.165) is 0 Å². The number of hydrogen-bond donors (Lipinski definition) is 1. The molecule has 0 spiro atoms. The van der Waals surface area contributed by atoms with E-state index in [1.807, 2.05) is 0 Å². The van der Waals surface area contributed by atoms with Crippen molar-refractivity contribution in [2.45, 2.75) is 19.6 Å². The fourth-order valence-electron chi connectivity index (χ4n) is 1.79. The zero-order valence-electron chi connectivity index (χ0n) is 10.7. The van der Waals surface area contributed by atoms with Gasteiger partial charge in [-0.1, -0.05) is 12.1 Å². The minimum Gasteiger partial charge on any atom is -0.488 e. The molecule has 0 saturated heterocycles. The fourth-order valence-corrected chi connectivity index (χ4v) is 2.17. The zero-order chi connectivity index (χ0) is 14.7. The Morgan fingerprint density at radius 1 is 1.25 bits per heavy atom. The zero-order valence-corrected chi connectivity index (χ0v) is 12.3. The second kappa shape index (κ2) is 6.33. The number of halogens is 3. The minimum atomic E-state index is -0.776. The highest BCUT2D eigenvalue weighted by Crippen LogP contribution is 2.28. The van der Waals surface area contributed by atoms with Gasteiger partial charge in [-0.2, -0.15) is 0 Å². The number of hydrogen-bond acceptors (Lipinski definition) is 2. The first-order chi connectivity index (χ1) is 9.49. The van der Waals surface area contributed by atoms with Crippen molar-refractivity contribution in [3.63, 3.8) is 0 Å². The van der Waals surface area contributed by atoms with Gasteiger partial charge in [-0.25, -0.2) is 8.78 Å². The third kappa shape index (κ3) is 3.35. The first kappa shape index (κ1) is 14.9. The van der Waals surface area contributed by atoms with E-state index in [1.165, 1.54) is 24.3 Å². The molecule has 0 aliphatic carbocycles. The number of aliphatic hydroxyl groups excluding tert-OH is 1. The fraction of sp³-hybridized carbons (Fsp3) is 0.200. The van der Waals surface area contributed by atoms with Crippen LogP contribution in [0.15, 0.2) is 40.9 Å². The maximum absolute atomic E-state index is 13.4. The lowest BCUT2D eigenvalue weighted by atomic mass is 10.1. The van der Waals surface area contributed by atoms with Crippen LogP contribution in [0.1, 0.15) is 24.2 Å². The molecule has 1 N–H and O–H groups in total. The largest absolute Gasteiger partial charge is 0.488 e. The van der Waals surface area contributed by atoms with E-state index in [-0.39, 0.29) is 18.2 Å². The average Bonchev–Trinajstić information content (AvgIpc) is 2.40. The molecule has 0 amide bonds. The highest BCUT2D eigenvalue weighted by Gasteiger charge is 2.12. The van der Waals surface area contributed by atoms with Gasteiger partial charge in [0.15, 0.2) is 0 Å². The highest BCUT2D eigenvalue weighted by atomic mass is 79.9. The minimum absolute atomic E-state index is 0.0709. The van der Waals surface area contributed by atoms with Crippen LogP contribution in [0, 0.1) is 11.6 Å². The van der Waals surface area contributed by atoms with Crippen molar-refractivity contribution >= 4 is 15.9 Å². The van der Waals surface area contributed by atoms with Crippen molar-refractivity contribution < 1.29 is 18.6 Å². The van der Waals surface area contributed by atoms with Crippen LogP contribution in [0.3, 0.4) is 0 Å². The molecule has 0 aliphatic rings. The molecule has 1 atom stereocenters. The molecule has 2 aromatic carbocycles. The Morgan fingerprint density at radius 3 is 2.70 bits per heavy atom. The van der Waals surface area contributed by atoms with Gasteiger partial charge >= 0.3 is 0 Å². The van der Waals surface area contributed by atoms with Crippen molar-refractivity contribution in [2.24, 2.45) is 0 Å². The summed E-state index contributed by atoms with van der Waals surface area (Å²) >= 11 is 3.14. The summed E-state index contributed by atoms with van der Waals surface area (Å²) in [5, 5.41) is 9.62. The monoisotopic (exact) mass is 342 g/mol. The molecule has 2 nitrogen and oxygen atoms in total. The summed E-state index contributed by atoms with van der Waals surface area (Å²) in [6, 6.07) is 8.53. The topological polar surface area (TPSA) is 29.5 Å². The third-order valence-electron chi connectivity index (χ3n) is 2.84. The van der Waals surface area contributed by atoms with Crippen LogP contribution in [0.2, 0.25) is 0 Å². The summed E-state index contributed by atoms with van der Waals surface area (Å²) < 4.78 is 32.4. The molecule has 5 heteroatoms. The third-order valence-corrected chi connectivity index (χ3v) is 3.73. The van der Waals surface area contributed by atoms with Crippen molar-refractivity contribution in [3.8, 4) is 5.75 Å². The van der Waals surface area contributed by atoms with E-state index in [1.54, 1.807) is 19.1 Å². The summed E-state index contributed by atoms with van der Waals surface area (Å²) in [5.74, 6) is -0.597. The van der Waals surface area contributed by atoms with Crippen LogP contribution in [0.4, 0.5) is 8.78 Å². The van der Waals surface area contributed by atoms with E-state index in [2.05, 4.69) is 15.9 Å². The molecule has 0 radical (unpaired) electrons. The molecule has 2 aromatic rings. The van der Waals surface area contributed by atoms with Gasteiger partial charge in [0.05, 0.1) is 10.6 Å². The Bertz CT molecular complexity index is 615. The van der Waals surface area contributed by atoms with E-state index in [0.29, 0.717) is 15.6 Å². The van der Waals surface area contributed by atoms with Gasteiger partial charge in [-0.15, -0.1) is 0 Å². The molecular weight excluding hydrogens is 330 g/mol. The Morgan fingerprint density at radius 2 is 2.00 bits per heavy atom. The summed E-state index contributed by atoms with van der Waals surface area (Å²) in [7, 11) is 0. The predicted molar refractivity (Wildman–Crippen MR) is 75.5 cm³/mol. The van der Waals surface area contributed by atoms with Gasteiger partial charge < -0.3 is 9.84 Å². The number of aliphatic hydroxyl groups is 1. The molecule has 0 aromatic heterocycles. The molecule has 106 valence electrons. The molecule has 0 heterocycles. The molecule has 20 heavy (non-hydrogen) atoms. The second-order valence-electron chi connectivity index (χ2n) is 4.36. The van der Waals surface area contributed by atoms with E-state index < -0.39 is 11.9 Å². The van der Waals surface area contributed by atoms with Gasteiger partial charge in [0.25, 0.3) is 0 Å². The summed E-state index contributed by atoms with van der Waals surface area (Å²) in [6.07, 6.45) is -0.776. The quantitative estimate of drug-likeness (QED) is 0.894. The SMILES string of the molecule is CC(O)c1ccc(F)cc1OCc1cccc(F)c1Br. The van der Waals surface area contributed by atoms with Gasteiger partial charge in [0, 0.05) is 17.2 Å². The van der Waals surface area contributed by atoms with Gasteiger partial charge in [0.1, 0.15) is 24.0 Å². The van der Waals surface area contributed by atoms with Crippen molar-refractivity contribution in [1.82, 2.24) is 0 Å². The lowest BCUT2D eigenvalue weighted by Gasteiger charge is -2.14. The van der Waals surface area contributed by atoms with Crippen LogP contribution in [-0.2, 0) is 6.61 Å². The molecule has 2 rings (SSSR count). The summed E-state index contributed by atoms with van der Waals surface area (Å²) in [5.41, 5.74) is 1.09. The summed E-state index contributed by atoms with van der Waals surface area (Å²) in [4.78, 5) is 0. The first-order valence-corrected chi connectivity index (χ1v) is 6.81. The van der Waals surface area contributed by atoms with Gasteiger partial charge in [-0.05, 0) is 41.1 Å². The van der Waals surface area contributed by atoms with Crippen molar-refractivity contribution in [3.05, 3.63) is 63.6 Å². The van der Waals surface area contributed by atoms with Crippen LogP contribution in [0.25, 0.3) is 0 Å². The second-order valence-corrected chi connectivity index (χ2v) is 5.15. The van der Waals surface area contributed by atoms with Crippen LogP contribution < -0.4 is 4.74 Å². The standard InChI is InChI=1S/C15H13BrF2O2/c1-9(19)12-6-5-11(17)7-14(12)20-8-10-3-2-4-13(18)15(10)16/h2-7,9,19H,8H2,1H3. The van der Waals surface area contributed by atoms with Gasteiger partial charge in [-0.3, -0.25) is 0 Å². The Labute approximate surface area is 124 Å². The number of rotatable bonds is 4. The molecule has 0 fully saturated rings. The van der Waals surface area contributed by atoms with E-state index >= 15 is 0 Å². The Hall–Kier alpha value is -1.46. The summed E-state index contributed by atoms with van der Waals surface area (Å²) in [6.45, 7) is 1.64. The Balaban J connectivity index is 2.22. The lowest BCUT2D eigenvalue weighted by Crippen LogP contribution is -2.02. The van der Waals surface area contributed by atoms with Crippen molar-refractivity contribution in [1.29, 1.82) is 0 Å². The van der Waals surface area contributed by atoms with Crippen LogP contribution in [0.5, 0.6) is 5.75 Å². The Kier molecular flexibility index (Phi) is 4.73. The lowest BCUT2D eigenvalue weighted by molar-refractivity contribution is 0.189. The van der Waals surface area contributed by atoms with Crippen LogP contribution in [-0.4, -0.2) is 5.11 Å². The number of ether oxygens (including phenoxy) is 1. The average molecular weight is 343 g/mol. The predicted octanol–water partition coefficient (Wildman–Crippen LogP) is 4.36. The molecule has 1 unspecified atom stereocenters. The molecular formula is C15H13BrF2O2. The molecule has 0 bridgehead atoms. The van der Waals surface area contributed by atoms with E-state index in [4.69, 9.17) is 4.74 Å². The number of benzene rings is 2. The normalized spacial score (nSPS) is 12.2. The first-order valence-electron chi connectivity index (χ1n) is 6.02. The van der Waals surface area contributed by atoms with Crippen molar-refractivity contribution in [2.75, 3.05) is 0 Å². The molecule has 0 aliphatic heterocycles. The maximum Gasteiger partial charge on any atom is 0.137 e. The van der Waals surface area contributed by atoms with Gasteiger partial charge in [0.2, 0.25) is 0 Å². The maximum atomic E-state index is 13.4. The molecule has 0 saturated carbocycles. The van der Waals surface area contributed by atoms with E-state index in [9.17, 15) is 13.9 Å². The highest BCUT2D eigenvalue weighted by molar-refractivity contribution is 9.10. The van der Waals surface area contributed by atoms with Crippen LogP contribution >= 0.6 is 15.9 Å². The smallest absolute Gasteiger partial charge is 0.137 e.